The Morgan fingerprint density at radius 1 is 1.31 bits per heavy atom. The summed E-state index contributed by atoms with van der Waals surface area (Å²) in [6.07, 6.45) is 13.8. The molecule has 2 N–H and O–H groups in total. The number of hydrogen-bond acceptors (Lipinski definition) is 4. The minimum Gasteiger partial charge on any atom is -0.396 e. The number of hydrogen-bond donors (Lipinski definition) is 2. The van der Waals surface area contributed by atoms with Gasteiger partial charge in [-0.25, -0.2) is 9.36 Å². The van der Waals surface area contributed by atoms with E-state index >= 15 is 0 Å². The zero-order valence-electron chi connectivity index (χ0n) is 18.7. The first kappa shape index (κ1) is 21.4. The van der Waals surface area contributed by atoms with Crippen molar-refractivity contribution < 1.29 is 14.3 Å². The van der Waals surface area contributed by atoms with E-state index in [0.29, 0.717) is 29.1 Å². The first-order valence-electron chi connectivity index (χ1n) is 11.6. The first-order valence-corrected chi connectivity index (χ1v) is 11.6. The summed E-state index contributed by atoms with van der Waals surface area (Å²) in [6.45, 7) is 3.38. The molecule has 6 rings (SSSR count). The second kappa shape index (κ2) is 7.83. The van der Waals surface area contributed by atoms with E-state index in [1.807, 2.05) is 0 Å². The van der Waals surface area contributed by atoms with E-state index < -0.39 is 12.1 Å². The summed E-state index contributed by atoms with van der Waals surface area (Å²) in [6, 6.07) is 1.92. The lowest BCUT2D eigenvalue weighted by molar-refractivity contribution is -0.0969. The Balaban J connectivity index is 1.41. The van der Waals surface area contributed by atoms with Crippen LogP contribution in [0.2, 0.25) is 0 Å². The normalized spacial score (nSPS) is 31.5. The summed E-state index contributed by atoms with van der Waals surface area (Å²) in [5.41, 5.74) is -0.113. The van der Waals surface area contributed by atoms with Crippen molar-refractivity contribution in [2.75, 3.05) is 13.3 Å². The average molecular weight is 442 g/mol. The third-order valence-electron chi connectivity index (χ3n) is 7.78. The molecule has 4 aliphatic rings. The molecule has 0 aromatic carbocycles. The number of alkyl halides is 1. The summed E-state index contributed by atoms with van der Waals surface area (Å²) in [5.74, 6) is 1.90. The second-order valence-corrected chi connectivity index (χ2v) is 10.8. The van der Waals surface area contributed by atoms with Gasteiger partial charge in [0.2, 0.25) is 0 Å². The molecule has 172 valence electrons. The number of nitrogens with one attached hydrogen (secondary N) is 1. The molecule has 1 amide bonds. The van der Waals surface area contributed by atoms with E-state index in [4.69, 9.17) is 0 Å². The molecule has 0 radical (unpaired) electrons. The predicted molar refractivity (Wildman–Crippen MR) is 119 cm³/mol. The molecule has 2 atom stereocenters. The van der Waals surface area contributed by atoms with Gasteiger partial charge in [-0.2, -0.15) is 10.2 Å². The molecule has 2 heterocycles. The van der Waals surface area contributed by atoms with Gasteiger partial charge in [-0.1, -0.05) is 19.9 Å². The summed E-state index contributed by atoms with van der Waals surface area (Å²) in [4.78, 5) is 13.4. The number of aromatic nitrogens is 4. The highest BCUT2D eigenvalue weighted by atomic mass is 19.1. The van der Waals surface area contributed by atoms with Crippen molar-refractivity contribution in [3.05, 3.63) is 36.3 Å². The summed E-state index contributed by atoms with van der Waals surface area (Å²) in [5, 5.41) is 22.0. The number of rotatable bonds is 7. The molecule has 0 aliphatic heterocycles. The fourth-order valence-electron chi connectivity index (χ4n) is 6.42. The van der Waals surface area contributed by atoms with Crippen LogP contribution in [-0.4, -0.2) is 49.9 Å². The average Bonchev–Trinajstić information content (AvgIpc) is 3.44. The number of amides is 1. The standard InChI is InChI=1S/C24H32FN5O2/c1-23(2,14-25)4-7-30-22(29-6-3-5-26-29)19(13-27-30)21(32)28-20-17-8-16-9-18(20)12-24(10-16,11-17)15-31/h3-7,13,16-18,20,31H,8-12,14-15H2,1-2H3,(H,28,32)/b7-4+/t16?,17?,18?,20-,24-. The quantitative estimate of drug-likeness (QED) is 0.689. The molecule has 4 saturated carbocycles. The smallest absolute Gasteiger partial charge is 0.257 e. The Morgan fingerprint density at radius 2 is 2.06 bits per heavy atom. The van der Waals surface area contributed by atoms with Crippen LogP contribution in [0.3, 0.4) is 0 Å². The topological polar surface area (TPSA) is 85.0 Å². The van der Waals surface area contributed by atoms with Crippen LogP contribution in [0.15, 0.2) is 30.7 Å². The van der Waals surface area contributed by atoms with Gasteiger partial charge in [-0.05, 0) is 61.3 Å². The van der Waals surface area contributed by atoms with Crippen LogP contribution in [0.4, 0.5) is 4.39 Å². The van der Waals surface area contributed by atoms with Crippen molar-refractivity contribution in [3.63, 3.8) is 0 Å². The molecule has 2 unspecified atom stereocenters. The fraction of sp³-hybridized carbons (Fsp3) is 0.625. The maximum Gasteiger partial charge on any atom is 0.257 e. The van der Waals surface area contributed by atoms with Crippen molar-refractivity contribution in [2.24, 2.45) is 28.6 Å². The fourth-order valence-corrected chi connectivity index (χ4v) is 6.42. The molecule has 7 nitrogen and oxygen atoms in total. The third kappa shape index (κ3) is 3.68. The summed E-state index contributed by atoms with van der Waals surface area (Å²) < 4.78 is 16.5. The highest BCUT2D eigenvalue weighted by Gasteiger charge is 2.55. The largest absolute Gasteiger partial charge is 0.396 e. The number of carbonyl (C=O) groups excluding carboxylic acids is 1. The molecule has 2 aromatic heterocycles. The van der Waals surface area contributed by atoms with Gasteiger partial charge in [0.1, 0.15) is 5.56 Å². The third-order valence-corrected chi connectivity index (χ3v) is 7.78. The van der Waals surface area contributed by atoms with Crippen LogP contribution in [0.1, 0.15) is 56.3 Å². The second-order valence-electron chi connectivity index (χ2n) is 10.8. The predicted octanol–water partition coefficient (Wildman–Crippen LogP) is 3.45. The number of nitrogens with zero attached hydrogens (tertiary/aromatic N) is 4. The van der Waals surface area contributed by atoms with Gasteiger partial charge in [0.15, 0.2) is 5.82 Å². The molecule has 8 heteroatoms. The Bertz CT molecular complexity index is 996. The van der Waals surface area contributed by atoms with Crippen LogP contribution >= 0.6 is 0 Å². The molecule has 4 fully saturated rings. The van der Waals surface area contributed by atoms with E-state index in [1.165, 1.54) is 0 Å². The van der Waals surface area contributed by atoms with Crippen LogP contribution in [0.25, 0.3) is 12.0 Å². The minimum absolute atomic E-state index is 0.0663. The van der Waals surface area contributed by atoms with Gasteiger partial charge in [0, 0.05) is 36.7 Å². The lowest BCUT2D eigenvalue weighted by Gasteiger charge is -2.59. The van der Waals surface area contributed by atoms with Crippen molar-refractivity contribution in [2.45, 2.75) is 52.0 Å². The van der Waals surface area contributed by atoms with Gasteiger partial charge in [0.25, 0.3) is 5.91 Å². The molecular weight excluding hydrogens is 409 g/mol. The van der Waals surface area contributed by atoms with Gasteiger partial charge in [-0.15, -0.1) is 0 Å². The highest BCUT2D eigenvalue weighted by molar-refractivity contribution is 5.97. The van der Waals surface area contributed by atoms with E-state index in [0.717, 1.165) is 32.1 Å². The number of carbonyl (C=O) groups is 1. The van der Waals surface area contributed by atoms with Crippen LogP contribution in [0, 0.1) is 28.6 Å². The zero-order valence-corrected chi connectivity index (χ0v) is 18.7. The number of aliphatic hydroxyl groups is 1. The lowest BCUT2D eigenvalue weighted by atomic mass is 9.48. The maximum atomic E-state index is 13.4. The lowest BCUT2D eigenvalue weighted by Crippen LogP contribution is -2.60. The van der Waals surface area contributed by atoms with E-state index in [2.05, 4.69) is 15.5 Å². The Kier molecular flexibility index (Phi) is 5.23. The van der Waals surface area contributed by atoms with Crippen LogP contribution < -0.4 is 5.32 Å². The van der Waals surface area contributed by atoms with Gasteiger partial charge < -0.3 is 10.4 Å². The maximum absolute atomic E-state index is 13.4. The van der Waals surface area contributed by atoms with Crippen molar-refractivity contribution in [3.8, 4) is 5.82 Å². The minimum atomic E-state index is -0.626. The molecule has 0 spiro atoms. The molecule has 4 aliphatic carbocycles. The molecule has 4 bridgehead atoms. The number of allylic oxidation sites excluding steroid dienone is 1. The number of halogens is 1. The summed E-state index contributed by atoms with van der Waals surface area (Å²) in [7, 11) is 0. The molecule has 32 heavy (non-hydrogen) atoms. The SMILES string of the molecule is CC(C)(/C=C/n1ncc(C(=O)N[C@H]2C3CC4CC2C[C@](CO)(C4)C3)c1-n1cccn1)CF. The van der Waals surface area contributed by atoms with Gasteiger partial charge in [-0.3, -0.25) is 9.18 Å². The Morgan fingerprint density at radius 3 is 2.69 bits per heavy atom. The Hall–Kier alpha value is -2.48. The van der Waals surface area contributed by atoms with E-state index in [-0.39, 0.29) is 24.0 Å². The number of aliphatic hydroxyl groups excluding tert-OH is 1. The van der Waals surface area contributed by atoms with Gasteiger partial charge in [0.05, 0.1) is 12.9 Å². The molecular formula is C24H32FN5O2. The molecule has 2 aromatic rings. The summed E-state index contributed by atoms with van der Waals surface area (Å²) >= 11 is 0. The van der Waals surface area contributed by atoms with E-state index in [9.17, 15) is 14.3 Å². The first-order chi connectivity index (χ1) is 15.3. The van der Waals surface area contributed by atoms with E-state index in [1.54, 1.807) is 60.1 Å². The van der Waals surface area contributed by atoms with Crippen LogP contribution in [-0.2, 0) is 0 Å². The van der Waals surface area contributed by atoms with Crippen molar-refractivity contribution in [1.82, 2.24) is 24.9 Å². The van der Waals surface area contributed by atoms with Gasteiger partial charge >= 0.3 is 0 Å². The Labute approximate surface area is 187 Å². The zero-order chi connectivity index (χ0) is 22.5. The molecule has 0 saturated heterocycles. The monoisotopic (exact) mass is 441 g/mol. The highest BCUT2D eigenvalue weighted by Crippen LogP contribution is 2.59. The van der Waals surface area contributed by atoms with Crippen LogP contribution in [0.5, 0.6) is 0 Å². The van der Waals surface area contributed by atoms with Crippen molar-refractivity contribution >= 4 is 12.1 Å². The van der Waals surface area contributed by atoms with Crippen molar-refractivity contribution in [1.29, 1.82) is 0 Å².